The zero-order valence-corrected chi connectivity index (χ0v) is 11.5. The molecule has 0 aliphatic heterocycles. The van der Waals surface area contributed by atoms with Crippen LogP contribution in [0.5, 0.6) is 0 Å². The number of alkyl halides is 3. The zero-order valence-electron chi connectivity index (χ0n) is 9.82. The van der Waals surface area contributed by atoms with Crippen LogP contribution in [0.25, 0.3) is 0 Å². The summed E-state index contributed by atoms with van der Waals surface area (Å²) in [4.78, 5) is 0. The van der Waals surface area contributed by atoms with E-state index in [0.717, 1.165) is 6.92 Å². The van der Waals surface area contributed by atoms with E-state index in [9.17, 15) is 30.0 Å². The summed E-state index contributed by atoms with van der Waals surface area (Å²) in [7, 11) is -9.99. The van der Waals surface area contributed by atoms with Crippen molar-refractivity contribution in [3.8, 4) is 0 Å². The molecule has 0 atom stereocenters. The fourth-order valence-corrected chi connectivity index (χ4v) is 1.58. The molecule has 14 heteroatoms. The predicted molar refractivity (Wildman–Crippen MR) is 55.4 cm³/mol. The van der Waals surface area contributed by atoms with Crippen molar-refractivity contribution in [3.05, 3.63) is 0 Å². The van der Waals surface area contributed by atoms with E-state index >= 15 is 0 Å². The van der Waals surface area contributed by atoms with Gasteiger partial charge in [0.05, 0.1) is 13.2 Å². The minimum Gasteiger partial charge on any atom is -0.361 e. The van der Waals surface area contributed by atoms with Gasteiger partial charge in [0.2, 0.25) is 0 Å². The number of ether oxygens (including phenoxy) is 1. The zero-order chi connectivity index (χ0) is 16.2. The quantitative estimate of drug-likeness (QED) is 0.579. The Kier molecular flexibility index (Phi) is 6.34. The molecule has 0 unspecified atom stereocenters. The van der Waals surface area contributed by atoms with Crippen molar-refractivity contribution in [3.63, 3.8) is 0 Å². The lowest BCUT2D eigenvalue weighted by atomic mass is 10.1. The molecular weight excluding hydrogens is 337 g/mol. The molecule has 0 saturated heterocycles. The van der Waals surface area contributed by atoms with Gasteiger partial charge in [-0.2, -0.15) is 30.0 Å². The molecule has 0 aliphatic rings. The Morgan fingerprint density at radius 2 is 1.25 bits per heavy atom. The summed E-state index contributed by atoms with van der Waals surface area (Å²) in [5.41, 5.74) is -2.22. The van der Waals surface area contributed by atoms with Crippen molar-refractivity contribution < 1.29 is 52.2 Å². The van der Waals surface area contributed by atoms with Gasteiger partial charge in [-0.1, -0.05) is 0 Å². The Balaban J connectivity index is 4.83. The average molecular weight is 348 g/mol. The summed E-state index contributed by atoms with van der Waals surface area (Å²) >= 11 is 0. The number of hydrogen-bond acceptors (Lipinski definition) is 7. The summed E-state index contributed by atoms with van der Waals surface area (Å²) in [6, 6.07) is 0. The minimum absolute atomic E-state index is 0.815. The van der Waals surface area contributed by atoms with Crippen LogP contribution in [0.3, 0.4) is 0 Å². The molecule has 0 radical (unpaired) electrons. The SMILES string of the molecule is CC(COS(=O)(=O)O)(COS(=O)(=O)O)OCC(F)(F)F. The maximum atomic E-state index is 12.0. The lowest BCUT2D eigenvalue weighted by molar-refractivity contribution is -0.211. The first-order chi connectivity index (χ1) is 8.62. The Labute approximate surface area is 112 Å². The Morgan fingerprint density at radius 1 is 0.900 bits per heavy atom. The predicted octanol–water partition coefficient (Wildman–Crippen LogP) is -0.0372. The fraction of sp³-hybridized carbons (Fsp3) is 1.00. The summed E-state index contributed by atoms with van der Waals surface area (Å²) in [6.07, 6.45) is -4.79. The van der Waals surface area contributed by atoms with Gasteiger partial charge in [-0.3, -0.25) is 9.11 Å². The molecule has 9 nitrogen and oxygen atoms in total. The van der Waals surface area contributed by atoms with Crippen LogP contribution < -0.4 is 0 Å². The first-order valence-corrected chi connectivity index (χ1v) is 7.29. The topological polar surface area (TPSA) is 136 Å². The van der Waals surface area contributed by atoms with Crippen LogP contribution >= 0.6 is 0 Å². The van der Waals surface area contributed by atoms with E-state index in [0.29, 0.717) is 0 Å². The normalized spacial score (nSPS) is 14.5. The van der Waals surface area contributed by atoms with Crippen LogP contribution in [0.15, 0.2) is 0 Å². The van der Waals surface area contributed by atoms with Crippen LogP contribution in [0.1, 0.15) is 6.92 Å². The number of hydrogen-bond donors (Lipinski definition) is 2. The van der Waals surface area contributed by atoms with Gasteiger partial charge in [0, 0.05) is 0 Å². The van der Waals surface area contributed by atoms with Gasteiger partial charge in [-0.25, -0.2) is 8.37 Å². The van der Waals surface area contributed by atoms with Crippen molar-refractivity contribution in [2.45, 2.75) is 18.7 Å². The van der Waals surface area contributed by atoms with Crippen LogP contribution in [0.2, 0.25) is 0 Å². The maximum absolute atomic E-state index is 12.0. The second-order valence-corrected chi connectivity index (χ2v) is 5.92. The molecule has 0 spiro atoms. The molecule has 0 bridgehead atoms. The molecule has 2 N–H and O–H groups in total. The fourth-order valence-electron chi connectivity index (χ4n) is 0.779. The number of rotatable bonds is 8. The molecule has 0 fully saturated rings. The van der Waals surface area contributed by atoms with Gasteiger partial charge in [0.25, 0.3) is 0 Å². The van der Waals surface area contributed by atoms with E-state index in [1.807, 2.05) is 0 Å². The lowest BCUT2D eigenvalue weighted by Crippen LogP contribution is -2.43. The molecule has 0 aromatic heterocycles. The van der Waals surface area contributed by atoms with Gasteiger partial charge < -0.3 is 4.74 Å². The van der Waals surface area contributed by atoms with Gasteiger partial charge >= 0.3 is 27.0 Å². The van der Waals surface area contributed by atoms with Gasteiger partial charge in [0.1, 0.15) is 12.2 Å². The van der Waals surface area contributed by atoms with Crippen LogP contribution in [-0.2, 0) is 33.9 Å². The second-order valence-electron chi connectivity index (χ2n) is 3.73. The van der Waals surface area contributed by atoms with Crippen molar-refractivity contribution in [2.24, 2.45) is 0 Å². The molecule has 122 valence electrons. The molecule has 0 aliphatic carbocycles. The standard InChI is InChI=1S/C6H11F3O9S2/c1-5(2-17-19(10,11)12,3-18-20(13,14)15)16-4-6(7,8)9/h2-4H2,1H3,(H,10,11,12)(H,13,14,15). The molecule has 0 aromatic carbocycles. The van der Waals surface area contributed by atoms with E-state index in [2.05, 4.69) is 13.1 Å². The molecule has 0 heterocycles. The maximum Gasteiger partial charge on any atom is 0.411 e. The summed E-state index contributed by atoms with van der Waals surface area (Å²) in [5, 5.41) is 0. The first kappa shape index (κ1) is 19.5. The number of halogens is 3. The minimum atomic E-state index is -4.99. The average Bonchev–Trinajstić information content (AvgIpc) is 2.18. The van der Waals surface area contributed by atoms with E-state index in [4.69, 9.17) is 9.11 Å². The highest BCUT2D eigenvalue weighted by Gasteiger charge is 2.36. The lowest BCUT2D eigenvalue weighted by Gasteiger charge is -2.28. The highest BCUT2D eigenvalue weighted by molar-refractivity contribution is 7.81. The molecule has 20 heavy (non-hydrogen) atoms. The van der Waals surface area contributed by atoms with E-state index in [1.54, 1.807) is 0 Å². The van der Waals surface area contributed by atoms with Crippen LogP contribution in [0.4, 0.5) is 13.2 Å². The Morgan fingerprint density at radius 3 is 1.50 bits per heavy atom. The summed E-state index contributed by atoms with van der Waals surface area (Å²) in [6.45, 7) is -3.42. The third-order valence-electron chi connectivity index (χ3n) is 1.61. The van der Waals surface area contributed by atoms with E-state index in [-0.39, 0.29) is 0 Å². The third-order valence-corrected chi connectivity index (χ3v) is 2.44. The monoisotopic (exact) mass is 348 g/mol. The molecule has 0 saturated carbocycles. The second kappa shape index (κ2) is 6.50. The van der Waals surface area contributed by atoms with Crippen LogP contribution in [0, 0.1) is 0 Å². The molecular formula is C6H11F3O9S2. The van der Waals surface area contributed by atoms with Crippen molar-refractivity contribution in [1.82, 2.24) is 0 Å². The Hall–Kier alpha value is -0.510. The third kappa shape index (κ3) is 11.3. The molecule has 0 amide bonds. The van der Waals surface area contributed by atoms with Gasteiger partial charge in [-0.15, -0.1) is 0 Å². The van der Waals surface area contributed by atoms with Crippen LogP contribution in [-0.4, -0.2) is 57.5 Å². The smallest absolute Gasteiger partial charge is 0.361 e. The van der Waals surface area contributed by atoms with Crippen molar-refractivity contribution >= 4 is 20.8 Å². The van der Waals surface area contributed by atoms with E-state index < -0.39 is 52.4 Å². The largest absolute Gasteiger partial charge is 0.411 e. The molecule has 0 rings (SSSR count). The summed E-state index contributed by atoms with van der Waals surface area (Å²) in [5.74, 6) is 0. The Bertz CT molecular complexity index is 472. The van der Waals surface area contributed by atoms with Gasteiger partial charge in [-0.05, 0) is 6.92 Å². The molecule has 0 aromatic rings. The van der Waals surface area contributed by atoms with E-state index in [1.165, 1.54) is 0 Å². The van der Waals surface area contributed by atoms with Crippen molar-refractivity contribution in [1.29, 1.82) is 0 Å². The highest BCUT2D eigenvalue weighted by Crippen LogP contribution is 2.21. The highest BCUT2D eigenvalue weighted by atomic mass is 32.3. The first-order valence-electron chi connectivity index (χ1n) is 4.56. The van der Waals surface area contributed by atoms with Gasteiger partial charge in [0.15, 0.2) is 0 Å². The van der Waals surface area contributed by atoms with Crippen molar-refractivity contribution in [2.75, 3.05) is 19.8 Å². The summed E-state index contributed by atoms with van der Waals surface area (Å²) < 4.78 is 106.